The molecule has 2 aromatic heterocycles. The Morgan fingerprint density at radius 1 is 0.964 bits per heavy atom. The first-order chi connectivity index (χ1) is 13.7. The summed E-state index contributed by atoms with van der Waals surface area (Å²) < 4.78 is 21.3. The van der Waals surface area contributed by atoms with Crippen molar-refractivity contribution in [3.63, 3.8) is 0 Å². The fourth-order valence-electron chi connectivity index (χ4n) is 3.01. The third-order valence-electron chi connectivity index (χ3n) is 4.30. The molecule has 0 aliphatic heterocycles. The van der Waals surface area contributed by atoms with Crippen LogP contribution in [0.4, 0.5) is 0 Å². The molecule has 0 radical (unpaired) electrons. The molecule has 2 aromatic carbocycles. The van der Waals surface area contributed by atoms with Crippen LogP contribution in [0.15, 0.2) is 57.5 Å². The molecule has 0 unspecified atom stereocenters. The second kappa shape index (κ2) is 7.56. The van der Waals surface area contributed by atoms with Crippen molar-refractivity contribution in [2.45, 2.75) is 20.0 Å². The topological polar surface area (TPSA) is 91.8 Å². The van der Waals surface area contributed by atoms with Crippen LogP contribution in [-0.2, 0) is 27.3 Å². The Hall–Kier alpha value is -3.61. The molecule has 142 valence electrons. The van der Waals surface area contributed by atoms with Crippen LogP contribution in [-0.4, -0.2) is 23.7 Å². The molecule has 0 N–H and O–H groups in total. The number of carbonyl (C=O) groups is 2. The van der Waals surface area contributed by atoms with Gasteiger partial charge in [0.1, 0.15) is 17.9 Å². The van der Waals surface area contributed by atoms with E-state index in [-0.39, 0.29) is 25.4 Å². The van der Waals surface area contributed by atoms with Gasteiger partial charge in [-0.15, -0.1) is 0 Å². The Morgan fingerprint density at radius 3 is 2.46 bits per heavy atom. The third kappa shape index (κ3) is 3.34. The number of para-hydroxylation sites is 2. The number of aromatic nitrogens is 1. The number of esters is 2. The molecule has 2 heterocycles. The first kappa shape index (κ1) is 17.8. The lowest BCUT2D eigenvalue weighted by molar-refractivity contribution is -0.144. The van der Waals surface area contributed by atoms with Crippen molar-refractivity contribution in [3.05, 3.63) is 65.5 Å². The Balaban J connectivity index is 1.54. The standard InChI is InChI=1S/C21H17NO6/c1-2-25-21(24)20-15(13-7-3-5-9-17(13)27-20)12-26-19(23)11-16-14-8-4-6-10-18(14)28-22-16/h3-10H,2,11-12H2,1H3. The molecular formula is C21H17NO6. The number of fused-ring (bicyclic) bond motifs is 2. The molecule has 7 heteroatoms. The number of carbonyl (C=O) groups excluding carboxylic acids is 2. The zero-order valence-corrected chi connectivity index (χ0v) is 15.1. The molecule has 4 rings (SSSR count). The highest BCUT2D eigenvalue weighted by Gasteiger charge is 2.23. The molecule has 0 fully saturated rings. The van der Waals surface area contributed by atoms with Crippen LogP contribution in [0, 0.1) is 0 Å². The molecule has 7 nitrogen and oxygen atoms in total. The highest BCUT2D eigenvalue weighted by molar-refractivity contribution is 5.96. The van der Waals surface area contributed by atoms with Crippen molar-refractivity contribution < 1.29 is 28.0 Å². The van der Waals surface area contributed by atoms with Gasteiger partial charge < -0.3 is 18.4 Å². The van der Waals surface area contributed by atoms with Crippen LogP contribution in [0.2, 0.25) is 0 Å². The van der Waals surface area contributed by atoms with Crippen LogP contribution in [0.1, 0.15) is 28.7 Å². The maximum Gasteiger partial charge on any atom is 0.374 e. The normalized spacial score (nSPS) is 11.0. The minimum absolute atomic E-state index is 0.0401. The summed E-state index contributed by atoms with van der Waals surface area (Å²) in [7, 11) is 0. The lowest BCUT2D eigenvalue weighted by Crippen LogP contribution is -2.11. The van der Waals surface area contributed by atoms with E-state index in [1.165, 1.54) is 0 Å². The fraction of sp³-hybridized carbons (Fsp3) is 0.190. The van der Waals surface area contributed by atoms with E-state index < -0.39 is 11.9 Å². The molecule has 0 aliphatic carbocycles. The van der Waals surface area contributed by atoms with E-state index in [2.05, 4.69) is 5.16 Å². The number of rotatable bonds is 6. The average Bonchev–Trinajstić information content (AvgIpc) is 3.28. The molecule has 4 aromatic rings. The number of benzene rings is 2. The van der Waals surface area contributed by atoms with Crippen LogP contribution in [0.3, 0.4) is 0 Å². The quantitative estimate of drug-likeness (QED) is 0.467. The van der Waals surface area contributed by atoms with Gasteiger partial charge in [0.25, 0.3) is 0 Å². The molecular weight excluding hydrogens is 362 g/mol. The van der Waals surface area contributed by atoms with Crippen molar-refractivity contribution in [2.24, 2.45) is 0 Å². The van der Waals surface area contributed by atoms with Crippen molar-refractivity contribution in [1.29, 1.82) is 0 Å². The number of hydrogen-bond donors (Lipinski definition) is 0. The summed E-state index contributed by atoms with van der Waals surface area (Å²) in [6.45, 7) is 1.82. The summed E-state index contributed by atoms with van der Waals surface area (Å²) in [6.07, 6.45) is -0.0401. The van der Waals surface area contributed by atoms with E-state index in [0.717, 1.165) is 5.39 Å². The van der Waals surface area contributed by atoms with Gasteiger partial charge in [-0.05, 0) is 25.1 Å². The lowest BCUT2D eigenvalue weighted by atomic mass is 10.1. The van der Waals surface area contributed by atoms with Crippen LogP contribution >= 0.6 is 0 Å². The lowest BCUT2D eigenvalue weighted by Gasteiger charge is -2.05. The Bertz CT molecular complexity index is 1160. The van der Waals surface area contributed by atoms with Gasteiger partial charge in [0, 0.05) is 10.8 Å². The Labute approximate surface area is 159 Å². The van der Waals surface area contributed by atoms with E-state index in [9.17, 15) is 9.59 Å². The third-order valence-corrected chi connectivity index (χ3v) is 4.30. The minimum Gasteiger partial charge on any atom is -0.460 e. The zero-order chi connectivity index (χ0) is 19.5. The monoisotopic (exact) mass is 379 g/mol. The second-order valence-corrected chi connectivity index (χ2v) is 6.09. The van der Waals surface area contributed by atoms with Gasteiger partial charge in [-0.2, -0.15) is 0 Å². The van der Waals surface area contributed by atoms with Gasteiger partial charge in [-0.1, -0.05) is 35.5 Å². The number of furan rings is 1. The van der Waals surface area contributed by atoms with E-state index in [1.54, 1.807) is 31.2 Å². The predicted molar refractivity (Wildman–Crippen MR) is 99.7 cm³/mol. The molecule has 0 bridgehead atoms. The molecule has 0 spiro atoms. The first-order valence-corrected chi connectivity index (χ1v) is 8.83. The maximum atomic E-state index is 12.3. The minimum atomic E-state index is -0.591. The molecule has 0 atom stereocenters. The highest BCUT2D eigenvalue weighted by atomic mass is 16.5. The summed E-state index contributed by atoms with van der Waals surface area (Å²) >= 11 is 0. The summed E-state index contributed by atoms with van der Waals surface area (Å²) in [6, 6.07) is 14.4. The van der Waals surface area contributed by atoms with E-state index in [1.807, 2.05) is 24.3 Å². The molecule has 0 aliphatic rings. The van der Waals surface area contributed by atoms with Gasteiger partial charge in [0.2, 0.25) is 5.76 Å². The number of hydrogen-bond acceptors (Lipinski definition) is 7. The Kier molecular flexibility index (Phi) is 4.80. The summed E-state index contributed by atoms with van der Waals surface area (Å²) in [5, 5.41) is 5.40. The van der Waals surface area contributed by atoms with E-state index in [4.69, 9.17) is 18.4 Å². The van der Waals surface area contributed by atoms with Gasteiger partial charge in [-0.3, -0.25) is 4.79 Å². The zero-order valence-electron chi connectivity index (χ0n) is 15.1. The van der Waals surface area contributed by atoms with Crippen LogP contribution in [0.5, 0.6) is 0 Å². The first-order valence-electron chi connectivity index (χ1n) is 8.83. The van der Waals surface area contributed by atoms with Gasteiger partial charge in [0.15, 0.2) is 5.58 Å². The van der Waals surface area contributed by atoms with Crippen LogP contribution < -0.4 is 0 Å². The van der Waals surface area contributed by atoms with Crippen molar-refractivity contribution >= 4 is 33.9 Å². The van der Waals surface area contributed by atoms with Gasteiger partial charge in [-0.25, -0.2) is 4.79 Å². The Morgan fingerprint density at radius 2 is 1.68 bits per heavy atom. The van der Waals surface area contributed by atoms with Crippen molar-refractivity contribution in [3.8, 4) is 0 Å². The second-order valence-electron chi connectivity index (χ2n) is 6.09. The SMILES string of the molecule is CCOC(=O)c1oc2ccccc2c1COC(=O)Cc1noc2ccccc12. The summed E-state index contributed by atoms with van der Waals surface area (Å²) in [5.74, 6) is -1.03. The highest BCUT2D eigenvalue weighted by Crippen LogP contribution is 2.27. The molecule has 0 saturated carbocycles. The largest absolute Gasteiger partial charge is 0.460 e. The smallest absolute Gasteiger partial charge is 0.374 e. The number of nitrogens with zero attached hydrogens (tertiary/aromatic N) is 1. The van der Waals surface area contributed by atoms with E-state index >= 15 is 0 Å². The fourth-order valence-corrected chi connectivity index (χ4v) is 3.01. The molecule has 0 saturated heterocycles. The van der Waals surface area contributed by atoms with Crippen LogP contribution in [0.25, 0.3) is 21.9 Å². The predicted octanol–water partition coefficient (Wildman–Crippen LogP) is 4.04. The van der Waals surface area contributed by atoms with Gasteiger partial charge >= 0.3 is 11.9 Å². The summed E-state index contributed by atoms with van der Waals surface area (Å²) in [5.41, 5.74) is 2.12. The average molecular weight is 379 g/mol. The molecule has 0 amide bonds. The van der Waals surface area contributed by atoms with Gasteiger partial charge in [0.05, 0.1) is 18.6 Å². The number of ether oxygens (including phenoxy) is 2. The van der Waals surface area contributed by atoms with Crippen molar-refractivity contribution in [2.75, 3.05) is 6.61 Å². The van der Waals surface area contributed by atoms with Crippen molar-refractivity contribution in [1.82, 2.24) is 5.16 Å². The maximum absolute atomic E-state index is 12.3. The molecule has 28 heavy (non-hydrogen) atoms. The summed E-state index contributed by atoms with van der Waals surface area (Å²) in [4.78, 5) is 24.5. The van der Waals surface area contributed by atoms with E-state index in [0.29, 0.717) is 27.8 Å².